The van der Waals surface area contributed by atoms with E-state index in [1.807, 2.05) is 0 Å². The van der Waals surface area contributed by atoms with E-state index in [4.69, 9.17) is 4.74 Å². The topological polar surface area (TPSA) is 68.3 Å². The largest absolute Gasteiger partial charge is 0.460 e. The van der Waals surface area contributed by atoms with Gasteiger partial charge in [-0.3, -0.25) is 9.59 Å². The van der Waals surface area contributed by atoms with Gasteiger partial charge in [0.05, 0.1) is 6.42 Å². The maximum absolute atomic E-state index is 11.7. The van der Waals surface area contributed by atoms with Crippen LogP contribution in [0, 0.1) is 0 Å². The number of carbonyl (C=O) groups excluding carboxylic acids is 2. The van der Waals surface area contributed by atoms with E-state index in [1.54, 1.807) is 39.1 Å². The van der Waals surface area contributed by atoms with Crippen molar-refractivity contribution in [2.24, 2.45) is 0 Å². The standard InChI is InChI=1S/C13H17BrN2O3/c1-13(2,3)19-11(17)6-7-15-12(18)10-5-4-9(14)8-16-10/h4-5,8H,6-7H2,1-3H3,(H,15,18). The van der Waals surface area contributed by atoms with Crippen molar-refractivity contribution in [2.45, 2.75) is 32.8 Å². The summed E-state index contributed by atoms with van der Waals surface area (Å²) in [6.45, 7) is 5.63. The summed E-state index contributed by atoms with van der Waals surface area (Å²) in [6, 6.07) is 3.34. The SMILES string of the molecule is CC(C)(C)OC(=O)CCNC(=O)c1ccc(Br)cn1. The molecular weight excluding hydrogens is 312 g/mol. The number of pyridine rings is 1. The van der Waals surface area contributed by atoms with E-state index in [2.05, 4.69) is 26.2 Å². The molecule has 0 radical (unpaired) electrons. The summed E-state index contributed by atoms with van der Waals surface area (Å²) in [6.07, 6.45) is 1.68. The highest BCUT2D eigenvalue weighted by molar-refractivity contribution is 9.10. The van der Waals surface area contributed by atoms with Gasteiger partial charge in [0.25, 0.3) is 5.91 Å². The molecule has 1 aromatic rings. The van der Waals surface area contributed by atoms with Crippen molar-refractivity contribution in [1.82, 2.24) is 10.3 Å². The van der Waals surface area contributed by atoms with Gasteiger partial charge in [-0.25, -0.2) is 4.98 Å². The monoisotopic (exact) mass is 328 g/mol. The molecule has 19 heavy (non-hydrogen) atoms. The van der Waals surface area contributed by atoms with Crippen LogP contribution < -0.4 is 5.32 Å². The second kappa shape index (κ2) is 6.65. The number of nitrogens with one attached hydrogen (secondary N) is 1. The van der Waals surface area contributed by atoms with Crippen LogP contribution in [-0.4, -0.2) is 29.0 Å². The number of nitrogens with zero attached hydrogens (tertiary/aromatic N) is 1. The molecule has 0 unspecified atom stereocenters. The summed E-state index contributed by atoms with van der Waals surface area (Å²) < 4.78 is 5.93. The van der Waals surface area contributed by atoms with Crippen LogP contribution in [-0.2, 0) is 9.53 Å². The highest BCUT2D eigenvalue weighted by Gasteiger charge is 2.16. The first-order chi connectivity index (χ1) is 8.78. The van der Waals surface area contributed by atoms with Gasteiger partial charge in [0.2, 0.25) is 0 Å². The molecule has 1 amide bonds. The van der Waals surface area contributed by atoms with E-state index in [0.29, 0.717) is 5.69 Å². The van der Waals surface area contributed by atoms with Crippen molar-refractivity contribution < 1.29 is 14.3 Å². The van der Waals surface area contributed by atoms with Crippen LogP contribution in [0.15, 0.2) is 22.8 Å². The Bertz CT molecular complexity index is 452. The molecule has 0 saturated heterocycles. The minimum atomic E-state index is -0.506. The third-order valence-electron chi connectivity index (χ3n) is 1.99. The quantitative estimate of drug-likeness (QED) is 0.861. The van der Waals surface area contributed by atoms with Gasteiger partial charge in [0, 0.05) is 17.2 Å². The number of hydrogen-bond acceptors (Lipinski definition) is 4. The maximum Gasteiger partial charge on any atom is 0.308 e. The summed E-state index contributed by atoms with van der Waals surface area (Å²) in [7, 11) is 0. The second-order valence-corrected chi connectivity index (χ2v) is 5.87. The molecule has 0 spiro atoms. The summed E-state index contributed by atoms with van der Waals surface area (Å²) in [5.41, 5.74) is -0.193. The van der Waals surface area contributed by atoms with Gasteiger partial charge in [0.15, 0.2) is 0 Å². The molecule has 1 rings (SSSR count). The summed E-state index contributed by atoms with van der Waals surface area (Å²) in [5, 5.41) is 2.62. The molecule has 0 aliphatic heterocycles. The number of amides is 1. The van der Waals surface area contributed by atoms with Crippen LogP contribution in [0.2, 0.25) is 0 Å². The Kier molecular flexibility index (Phi) is 5.47. The van der Waals surface area contributed by atoms with E-state index in [9.17, 15) is 9.59 Å². The molecule has 0 fully saturated rings. The molecule has 5 nitrogen and oxygen atoms in total. The molecule has 0 atom stereocenters. The second-order valence-electron chi connectivity index (χ2n) is 4.95. The molecular formula is C13H17BrN2O3. The predicted molar refractivity (Wildman–Crippen MR) is 74.7 cm³/mol. The lowest BCUT2D eigenvalue weighted by atomic mass is 10.2. The summed E-state index contributed by atoms with van der Waals surface area (Å²) >= 11 is 3.24. The fourth-order valence-corrected chi connectivity index (χ4v) is 1.51. The Morgan fingerprint density at radius 1 is 1.37 bits per heavy atom. The van der Waals surface area contributed by atoms with Crippen molar-refractivity contribution in [3.8, 4) is 0 Å². The minimum absolute atomic E-state index is 0.138. The predicted octanol–water partition coefficient (Wildman–Crippen LogP) is 2.31. The van der Waals surface area contributed by atoms with Crippen LogP contribution in [0.1, 0.15) is 37.7 Å². The van der Waals surface area contributed by atoms with Crippen LogP contribution in [0.25, 0.3) is 0 Å². The van der Waals surface area contributed by atoms with Gasteiger partial charge in [-0.15, -0.1) is 0 Å². The van der Waals surface area contributed by atoms with Crippen LogP contribution in [0.4, 0.5) is 0 Å². The van der Waals surface area contributed by atoms with E-state index < -0.39 is 5.60 Å². The zero-order chi connectivity index (χ0) is 14.5. The fourth-order valence-electron chi connectivity index (χ4n) is 1.27. The fraction of sp³-hybridized carbons (Fsp3) is 0.462. The first kappa shape index (κ1) is 15.6. The van der Waals surface area contributed by atoms with Crippen molar-refractivity contribution in [1.29, 1.82) is 0 Å². The molecule has 1 N–H and O–H groups in total. The summed E-state index contributed by atoms with van der Waals surface area (Å²) in [5.74, 6) is -0.646. The third-order valence-corrected chi connectivity index (χ3v) is 2.46. The van der Waals surface area contributed by atoms with Crippen molar-refractivity contribution in [3.63, 3.8) is 0 Å². The van der Waals surface area contributed by atoms with E-state index in [0.717, 1.165) is 4.47 Å². The zero-order valence-corrected chi connectivity index (χ0v) is 12.8. The number of rotatable bonds is 4. The Morgan fingerprint density at radius 2 is 2.05 bits per heavy atom. The Hall–Kier alpha value is -1.43. The molecule has 0 aliphatic rings. The van der Waals surface area contributed by atoms with Crippen molar-refractivity contribution in [2.75, 3.05) is 6.54 Å². The van der Waals surface area contributed by atoms with E-state index in [1.165, 1.54) is 0 Å². The molecule has 104 valence electrons. The molecule has 0 aliphatic carbocycles. The molecule has 1 aromatic heterocycles. The Labute approximate surface area is 120 Å². The molecule has 1 heterocycles. The lowest BCUT2D eigenvalue weighted by Crippen LogP contribution is -2.30. The summed E-state index contributed by atoms with van der Waals surface area (Å²) in [4.78, 5) is 27.1. The first-order valence-corrected chi connectivity index (χ1v) is 6.69. The van der Waals surface area contributed by atoms with Crippen molar-refractivity contribution in [3.05, 3.63) is 28.5 Å². The lowest BCUT2D eigenvalue weighted by Gasteiger charge is -2.19. The van der Waals surface area contributed by atoms with Gasteiger partial charge in [0.1, 0.15) is 11.3 Å². The highest BCUT2D eigenvalue weighted by atomic mass is 79.9. The van der Waals surface area contributed by atoms with E-state index in [-0.39, 0.29) is 24.8 Å². The number of ether oxygens (including phenoxy) is 1. The molecule has 0 bridgehead atoms. The number of aromatic nitrogens is 1. The smallest absolute Gasteiger partial charge is 0.308 e. The van der Waals surface area contributed by atoms with Crippen LogP contribution in [0.5, 0.6) is 0 Å². The first-order valence-electron chi connectivity index (χ1n) is 5.89. The Balaban J connectivity index is 2.35. The van der Waals surface area contributed by atoms with Crippen LogP contribution in [0.3, 0.4) is 0 Å². The molecule has 6 heteroatoms. The number of hydrogen-bond donors (Lipinski definition) is 1. The molecule has 0 aromatic carbocycles. The Morgan fingerprint density at radius 3 is 2.58 bits per heavy atom. The van der Waals surface area contributed by atoms with Gasteiger partial charge in [-0.2, -0.15) is 0 Å². The molecule has 0 saturated carbocycles. The zero-order valence-electron chi connectivity index (χ0n) is 11.2. The highest BCUT2D eigenvalue weighted by Crippen LogP contribution is 2.08. The maximum atomic E-state index is 11.7. The van der Waals surface area contributed by atoms with Crippen LogP contribution >= 0.6 is 15.9 Å². The van der Waals surface area contributed by atoms with Gasteiger partial charge in [-0.05, 0) is 48.8 Å². The van der Waals surface area contributed by atoms with Crippen molar-refractivity contribution >= 4 is 27.8 Å². The average Bonchev–Trinajstić information content (AvgIpc) is 2.27. The van der Waals surface area contributed by atoms with Gasteiger partial charge >= 0.3 is 5.97 Å². The van der Waals surface area contributed by atoms with Gasteiger partial charge in [-0.1, -0.05) is 0 Å². The normalized spacial score (nSPS) is 10.9. The van der Waals surface area contributed by atoms with Gasteiger partial charge < -0.3 is 10.1 Å². The third kappa shape index (κ3) is 6.33. The number of halogens is 1. The average molecular weight is 329 g/mol. The number of esters is 1. The van der Waals surface area contributed by atoms with E-state index >= 15 is 0 Å². The number of carbonyl (C=O) groups is 2. The minimum Gasteiger partial charge on any atom is -0.460 e. The lowest BCUT2D eigenvalue weighted by molar-refractivity contribution is -0.154.